The molecule has 2 amide bonds. The Morgan fingerprint density at radius 2 is 1.78 bits per heavy atom. The summed E-state index contributed by atoms with van der Waals surface area (Å²) in [5, 5.41) is 10.7. The molecular weight excluding hydrogens is 310 g/mol. The van der Waals surface area contributed by atoms with Gasteiger partial charge in [0.2, 0.25) is 0 Å². The molecule has 122 valence electrons. The van der Waals surface area contributed by atoms with Crippen LogP contribution in [0.15, 0.2) is 41.8 Å². The van der Waals surface area contributed by atoms with Crippen LogP contribution in [-0.2, 0) is 0 Å². The van der Waals surface area contributed by atoms with Gasteiger partial charge >= 0.3 is 0 Å². The van der Waals surface area contributed by atoms with Gasteiger partial charge in [0, 0.05) is 24.3 Å². The maximum absolute atomic E-state index is 12.0. The SMILES string of the molecule is CCCNCCNC(=O)c1ccc(NC(=O)c2cccs2)cc1. The summed E-state index contributed by atoms with van der Waals surface area (Å²) in [6, 6.07) is 10.5. The first-order valence-electron chi connectivity index (χ1n) is 7.64. The molecule has 0 radical (unpaired) electrons. The minimum absolute atomic E-state index is 0.112. The number of thiophene rings is 1. The van der Waals surface area contributed by atoms with Crippen LogP contribution < -0.4 is 16.0 Å². The first-order valence-corrected chi connectivity index (χ1v) is 8.52. The lowest BCUT2D eigenvalue weighted by Crippen LogP contribution is -2.32. The van der Waals surface area contributed by atoms with Crippen LogP contribution in [0.25, 0.3) is 0 Å². The van der Waals surface area contributed by atoms with Gasteiger partial charge in [-0.1, -0.05) is 13.0 Å². The van der Waals surface area contributed by atoms with Gasteiger partial charge in [0.05, 0.1) is 4.88 Å². The van der Waals surface area contributed by atoms with Gasteiger partial charge in [-0.25, -0.2) is 0 Å². The van der Waals surface area contributed by atoms with Crippen LogP contribution in [0.1, 0.15) is 33.4 Å². The molecule has 2 aromatic rings. The third-order valence-corrected chi connectivity index (χ3v) is 4.03. The van der Waals surface area contributed by atoms with E-state index in [1.165, 1.54) is 11.3 Å². The van der Waals surface area contributed by atoms with Crippen LogP contribution in [0, 0.1) is 0 Å². The third-order valence-electron chi connectivity index (χ3n) is 3.16. The van der Waals surface area contributed by atoms with Gasteiger partial charge in [-0.2, -0.15) is 0 Å². The largest absolute Gasteiger partial charge is 0.351 e. The molecule has 0 unspecified atom stereocenters. The van der Waals surface area contributed by atoms with Crippen LogP contribution in [-0.4, -0.2) is 31.4 Å². The van der Waals surface area contributed by atoms with Gasteiger partial charge in [-0.05, 0) is 48.7 Å². The van der Waals surface area contributed by atoms with Gasteiger partial charge in [0.25, 0.3) is 11.8 Å². The van der Waals surface area contributed by atoms with Crippen molar-refractivity contribution in [2.24, 2.45) is 0 Å². The fourth-order valence-corrected chi connectivity index (χ4v) is 2.59. The zero-order valence-corrected chi connectivity index (χ0v) is 13.9. The molecule has 3 N–H and O–H groups in total. The maximum atomic E-state index is 12.0. The Morgan fingerprint density at radius 1 is 1.00 bits per heavy atom. The van der Waals surface area contributed by atoms with Crippen molar-refractivity contribution in [3.63, 3.8) is 0 Å². The molecule has 23 heavy (non-hydrogen) atoms. The molecule has 0 saturated heterocycles. The van der Waals surface area contributed by atoms with Crippen molar-refractivity contribution in [1.82, 2.24) is 10.6 Å². The minimum atomic E-state index is -0.140. The van der Waals surface area contributed by atoms with E-state index in [-0.39, 0.29) is 11.8 Å². The van der Waals surface area contributed by atoms with Crippen LogP contribution in [0.5, 0.6) is 0 Å². The topological polar surface area (TPSA) is 70.2 Å². The van der Waals surface area contributed by atoms with E-state index in [0.29, 0.717) is 22.7 Å². The highest BCUT2D eigenvalue weighted by Gasteiger charge is 2.08. The summed E-state index contributed by atoms with van der Waals surface area (Å²) in [5.41, 5.74) is 1.25. The number of hydrogen-bond acceptors (Lipinski definition) is 4. The predicted molar refractivity (Wildman–Crippen MR) is 94.2 cm³/mol. The lowest BCUT2D eigenvalue weighted by atomic mass is 10.2. The van der Waals surface area contributed by atoms with Crippen molar-refractivity contribution >= 4 is 28.8 Å². The molecule has 2 rings (SSSR count). The Hall–Kier alpha value is -2.18. The van der Waals surface area contributed by atoms with Crippen LogP contribution >= 0.6 is 11.3 Å². The molecule has 1 aromatic heterocycles. The standard InChI is InChI=1S/C17H21N3O2S/c1-2-9-18-10-11-19-16(21)13-5-7-14(8-6-13)20-17(22)15-4-3-12-23-15/h3-8,12,18H,2,9-11H2,1H3,(H,19,21)(H,20,22). The van der Waals surface area contributed by atoms with Crippen LogP contribution in [0.4, 0.5) is 5.69 Å². The van der Waals surface area contributed by atoms with Crippen molar-refractivity contribution in [1.29, 1.82) is 0 Å². The average molecular weight is 331 g/mol. The highest BCUT2D eigenvalue weighted by Crippen LogP contribution is 2.14. The second kappa shape index (κ2) is 9.07. The number of anilines is 1. The molecule has 0 fully saturated rings. The summed E-state index contributed by atoms with van der Waals surface area (Å²) in [6.07, 6.45) is 1.08. The Balaban J connectivity index is 1.81. The van der Waals surface area contributed by atoms with Crippen molar-refractivity contribution in [2.75, 3.05) is 25.0 Å². The Kier molecular flexibility index (Phi) is 6.77. The molecule has 0 saturated carbocycles. The number of hydrogen-bond donors (Lipinski definition) is 3. The van der Waals surface area contributed by atoms with E-state index in [1.807, 2.05) is 11.4 Å². The van der Waals surface area contributed by atoms with E-state index < -0.39 is 0 Å². The molecule has 0 aliphatic carbocycles. The number of carbonyl (C=O) groups is 2. The zero-order valence-electron chi connectivity index (χ0n) is 13.1. The summed E-state index contributed by atoms with van der Waals surface area (Å²) in [7, 11) is 0. The fourth-order valence-electron chi connectivity index (χ4n) is 1.97. The number of carbonyl (C=O) groups excluding carboxylic acids is 2. The third kappa shape index (κ3) is 5.50. The van der Waals surface area contributed by atoms with E-state index >= 15 is 0 Å². The average Bonchev–Trinajstić information content (AvgIpc) is 3.10. The van der Waals surface area contributed by atoms with E-state index in [2.05, 4.69) is 22.9 Å². The summed E-state index contributed by atoms with van der Waals surface area (Å²) < 4.78 is 0. The number of amides is 2. The van der Waals surface area contributed by atoms with E-state index in [9.17, 15) is 9.59 Å². The summed E-state index contributed by atoms with van der Waals surface area (Å²) >= 11 is 1.39. The quantitative estimate of drug-likeness (QED) is 0.651. The van der Waals surface area contributed by atoms with Gasteiger partial charge < -0.3 is 16.0 Å². The summed E-state index contributed by atoms with van der Waals surface area (Å²) in [6.45, 7) is 4.41. The zero-order chi connectivity index (χ0) is 16.5. The second-order valence-corrected chi connectivity index (χ2v) is 5.96. The van der Waals surface area contributed by atoms with Gasteiger partial charge in [0.15, 0.2) is 0 Å². The highest BCUT2D eigenvalue weighted by molar-refractivity contribution is 7.12. The Labute approximate surface area is 140 Å². The maximum Gasteiger partial charge on any atom is 0.265 e. The molecule has 5 nitrogen and oxygen atoms in total. The number of nitrogens with one attached hydrogen (secondary N) is 3. The molecule has 0 atom stereocenters. The van der Waals surface area contributed by atoms with Gasteiger partial charge in [0.1, 0.15) is 0 Å². The normalized spacial score (nSPS) is 10.3. The highest BCUT2D eigenvalue weighted by atomic mass is 32.1. The molecule has 1 heterocycles. The lowest BCUT2D eigenvalue weighted by Gasteiger charge is -2.07. The Bertz CT molecular complexity index is 624. The predicted octanol–water partition coefficient (Wildman–Crippen LogP) is 2.73. The molecule has 0 aliphatic rings. The molecule has 0 aliphatic heterocycles. The second-order valence-electron chi connectivity index (χ2n) is 5.01. The molecule has 0 bridgehead atoms. The first kappa shape index (κ1) is 17.2. The van der Waals surface area contributed by atoms with Crippen molar-refractivity contribution in [2.45, 2.75) is 13.3 Å². The smallest absolute Gasteiger partial charge is 0.265 e. The van der Waals surface area contributed by atoms with Crippen LogP contribution in [0.3, 0.4) is 0 Å². The van der Waals surface area contributed by atoms with E-state index in [4.69, 9.17) is 0 Å². The molecule has 1 aromatic carbocycles. The molecule has 0 spiro atoms. The van der Waals surface area contributed by atoms with Crippen molar-refractivity contribution < 1.29 is 9.59 Å². The van der Waals surface area contributed by atoms with E-state index in [1.54, 1.807) is 30.3 Å². The monoisotopic (exact) mass is 331 g/mol. The first-order chi connectivity index (χ1) is 11.2. The Morgan fingerprint density at radius 3 is 2.43 bits per heavy atom. The lowest BCUT2D eigenvalue weighted by molar-refractivity contribution is 0.0953. The van der Waals surface area contributed by atoms with Gasteiger partial charge in [-0.3, -0.25) is 9.59 Å². The number of benzene rings is 1. The van der Waals surface area contributed by atoms with Crippen molar-refractivity contribution in [3.05, 3.63) is 52.2 Å². The van der Waals surface area contributed by atoms with Gasteiger partial charge in [-0.15, -0.1) is 11.3 Å². The summed E-state index contributed by atoms with van der Waals surface area (Å²) in [5.74, 6) is -0.251. The molecule has 6 heteroatoms. The molecular formula is C17H21N3O2S. The fraction of sp³-hybridized carbons (Fsp3) is 0.294. The number of rotatable bonds is 8. The van der Waals surface area contributed by atoms with Crippen molar-refractivity contribution in [3.8, 4) is 0 Å². The minimum Gasteiger partial charge on any atom is -0.351 e. The van der Waals surface area contributed by atoms with E-state index in [0.717, 1.165) is 19.5 Å². The summed E-state index contributed by atoms with van der Waals surface area (Å²) in [4.78, 5) is 24.6. The van der Waals surface area contributed by atoms with Crippen LogP contribution in [0.2, 0.25) is 0 Å².